The molecule has 0 unspecified atom stereocenters. The normalized spacial score (nSPS) is 11.9. The highest BCUT2D eigenvalue weighted by Crippen LogP contribution is 2.30. The first-order valence-electron chi connectivity index (χ1n) is 3.62. The quantitative estimate of drug-likeness (QED) is 0.588. The van der Waals surface area contributed by atoms with Crippen LogP contribution in [0.4, 0.5) is 22.0 Å². The van der Waals surface area contributed by atoms with E-state index < -0.39 is 35.5 Å². The van der Waals surface area contributed by atoms with Crippen molar-refractivity contribution in [3.63, 3.8) is 0 Å². The highest BCUT2D eigenvalue weighted by atomic mass is 19.3. The highest BCUT2D eigenvalue weighted by Gasteiger charge is 2.34. The smallest absolute Gasteiger partial charge is 0.288 e. The standard InChI is InChI=1S/C8H6F5N/c9-5-2-1-4(6(10)7(5)11)8(12,13)3-14/h1-2H,3,14H2. The summed E-state index contributed by atoms with van der Waals surface area (Å²) < 4.78 is 63.3. The van der Waals surface area contributed by atoms with Gasteiger partial charge in [-0.15, -0.1) is 0 Å². The van der Waals surface area contributed by atoms with Crippen molar-refractivity contribution in [1.82, 2.24) is 0 Å². The molecule has 1 aromatic rings. The zero-order valence-electron chi connectivity index (χ0n) is 6.83. The van der Waals surface area contributed by atoms with Crippen molar-refractivity contribution in [2.75, 3.05) is 6.54 Å². The lowest BCUT2D eigenvalue weighted by Gasteiger charge is -2.15. The van der Waals surface area contributed by atoms with E-state index in [1.165, 1.54) is 0 Å². The number of rotatable bonds is 2. The fraction of sp³-hybridized carbons (Fsp3) is 0.250. The van der Waals surface area contributed by atoms with Crippen LogP contribution in [0.25, 0.3) is 0 Å². The number of alkyl halides is 2. The summed E-state index contributed by atoms with van der Waals surface area (Å²) in [5.74, 6) is -9.03. The molecule has 1 nitrogen and oxygen atoms in total. The molecule has 1 rings (SSSR count). The lowest BCUT2D eigenvalue weighted by atomic mass is 10.1. The molecule has 0 aromatic heterocycles. The van der Waals surface area contributed by atoms with Gasteiger partial charge < -0.3 is 5.73 Å². The third-order valence-electron chi connectivity index (χ3n) is 1.69. The van der Waals surface area contributed by atoms with Gasteiger partial charge in [-0.2, -0.15) is 8.78 Å². The van der Waals surface area contributed by atoms with Crippen molar-refractivity contribution < 1.29 is 22.0 Å². The summed E-state index contributed by atoms with van der Waals surface area (Å²) in [5.41, 5.74) is 3.43. The molecule has 0 radical (unpaired) electrons. The zero-order chi connectivity index (χ0) is 10.9. The van der Waals surface area contributed by atoms with Gasteiger partial charge >= 0.3 is 0 Å². The average Bonchev–Trinajstić information content (AvgIpc) is 2.14. The van der Waals surface area contributed by atoms with Gasteiger partial charge in [0.05, 0.1) is 12.1 Å². The summed E-state index contributed by atoms with van der Waals surface area (Å²) in [4.78, 5) is 0. The maximum atomic E-state index is 12.8. The minimum atomic E-state index is -3.70. The van der Waals surface area contributed by atoms with Crippen LogP contribution in [0.5, 0.6) is 0 Å². The van der Waals surface area contributed by atoms with Crippen molar-refractivity contribution in [3.8, 4) is 0 Å². The second-order valence-corrected chi connectivity index (χ2v) is 2.63. The summed E-state index contributed by atoms with van der Waals surface area (Å²) >= 11 is 0. The van der Waals surface area contributed by atoms with E-state index in [0.29, 0.717) is 12.1 Å². The maximum absolute atomic E-state index is 12.8. The van der Waals surface area contributed by atoms with Gasteiger partial charge in [0, 0.05) is 0 Å². The lowest BCUT2D eigenvalue weighted by molar-refractivity contribution is 0.00157. The number of nitrogens with two attached hydrogens (primary N) is 1. The van der Waals surface area contributed by atoms with Gasteiger partial charge in [-0.25, -0.2) is 13.2 Å². The van der Waals surface area contributed by atoms with E-state index in [0.717, 1.165) is 0 Å². The molecule has 0 heterocycles. The second-order valence-electron chi connectivity index (χ2n) is 2.63. The van der Waals surface area contributed by atoms with Gasteiger partial charge in [0.15, 0.2) is 17.5 Å². The molecule has 0 aliphatic rings. The van der Waals surface area contributed by atoms with Crippen LogP contribution >= 0.6 is 0 Å². The summed E-state index contributed by atoms with van der Waals surface area (Å²) in [6.45, 7) is -1.17. The second kappa shape index (κ2) is 3.53. The Hall–Kier alpha value is -1.17. The van der Waals surface area contributed by atoms with Gasteiger partial charge in [0.2, 0.25) is 0 Å². The van der Waals surface area contributed by atoms with Crippen molar-refractivity contribution in [2.45, 2.75) is 5.92 Å². The first-order chi connectivity index (χ1) is 6.40. The SMILES string of the molecule is NCC(F)(F)c1ccc(F)c(F)c1F. The summed E-state index contributed by atoms with van der Waals surface area (Å²) in [6, 6.07) is 0.901. The van der Waals surface area contributed by atoms with E-state index in [2.05, 4.69) is 5.73 Å². The first kappa shape index (κ1) is 10.9. The molecule has 6 heteroatoms. The minimum Gasteiger partial charge on any atom is -0.325 e. The molecular formula is C8H6F5N. The predicted molar refractivity (Wildman–Crippen MR) is 39.3 cm³/mol. The van der Waals surface area contributed by atoms with E-state index in [-0.39, 0.29) is 0 Å². The van der Waals surface area contributed by atoms with Gasteiger partial charge in [0.25, 0.3) is 5.92 Å². The van der Waals surface area contributed by atoms with Crippen LogP contribution in [0.2, 0.25) is 0 Å². The zero-order valence-corrected chi connectivity index (χ0v) is 6.83. The van der Waals surface area contributed by atoms with Gasteiger partial charge in [-0.1, -0.05) is 0 Å². The third kappa shape index (κ3) is 1.70. The molecule has 1 aromatic carbocycles. The number of hydrogen-bond donors (Lipinski definition) is 1. The van der Waals surface area contributed by atoms with E-state index in [1.54, 1.807) is 0 Å². The molecule has 0 atom stereocenters. The van der Waals surface area contributed by atoms with Crippen molar-refractivity contribution in [3.05, 3.63) is 35.1 Å². The van der Waals surface area contributed by atoms with E-state index in [4.69, 9.17) is 0 Å². The van der Waals surface area contributed by atoms with Crippen LogP contribution in [0.15, 0.2) is 12.1 Å². The fourth-order valence-corrected chi connectivity index (χ4v) is 0.918. The Morgan fingerprint density at radius 1 is 1.07 bits per heavy atom. The molecular weight excluding hydrogens is 205 g/mol. The Morgan fingerprint density at radius 3 is 2.14 bits per heavy atom. The summed E-state index contributed by atoms with van der Waals surface area (Å²) in [6.07, 6.45) is 0. The van der Waals surface area contributed by atoms with E-state index in [1.807, 2.05) is 0 Å². The Morgan fingerprint density at radius 2 is 1.64 bits per heavy atom. The maximum Gasteiger partial charge on any atom is 0.288 e. The third-order valence-corrected chi connectivity index (χ3v) is 1.69. The average molecular weight is 211 g/mol. The van der Waals surface area contributed by atoms with Gasteiger partial charge in [-0.05, 0) is 12.1 Å². The fourth-order valence-electron chi connectivity index (χ4n) is 0.918. The Kier molecular flexibility index (Phi) is 2.75. The number of benzene rings is 1. The molecule has 0 amide bonds. The summed E-state index contributed by atoms with van der Waals surface area (Å²) in [7, 11) is 0. The molecule has 0 fully saturated rings. The van der Waals surface area contributed by atoms with Crippen molar-refractivity contribution >= 4 is 0 Å². The highest BCUT2D eigenvalue weighted by molar-refractivity contribution is 5.24. The van der Waals surface area contributed by atoms with Crippen LogP contribution in [0, 0.1) is 17.5 Å². The van der Waals surface area contributed by atoms with Crippen LogP contribution in [-0.2, 0) is 5.92 Å². The van der Waals surface area contributed by atoms with Crippen molar-refractivity contribution in [1.29, 1.82) is 0 Å². The largest absolute Gasteiger partial charge is 0.325 e. The molecule has 0 saturated heterocycles. The Bertz CT molecular complexity index is 350. The molecule has 0 spiro atoms. The Balaban J connectivity index is 3.31. The predicted octanol–water partition coefficient (Wildman–Crippen LogP) is 2.15. The molecule has 2 N–H and O–H groups in total. The number of halogens is 5. The topological polar surface area (TPSA) is 26.0 Å². The minimum absolute atomic E-state index is 0.428. The monoisotopic (exact) mass is 211 g/mol. The number of hydrogen-bond acceptors (Lipinski definition) is 1. The molecule has 0 aliphatic heterocycles. The van der Waals surface area contributed by atoms with Crippen LogP contribution in [0.3, 0.4) is 0 Å². The van der Waals surface area contributed by atoms with Crippen LogP contribution < -0.4 is 5.73 Å². The summed E-state index contributed by atoms with van der Waals surface area (Å²) in [5, 5.41) is 0. The van der Waals surface area contributed by atoms with Crippen LogP contribution in [-0.4, -0.2) is 6.54 Å². The molecule has 78 valence electrons. The van der Waals surface area contributed by atoms with Crippen molar-refractivity contribution in [2.24, 2.45) is 5.73 Å². The Labute approximate surface area is 76.3 Å². The lowest BCUT2D eigenvalue weighted by Crippen LogP contribution is -2.26. The first-order valence-corrected chi connectivity index (χ1v) is 3.62. The van der Waals surface area contributed by atoms with Gasteiger partial charge in [0.1, 0.15) is 0 Å². The molecule has 0 saturated carbocycles. The molecule has 14 heavy (non-hydrogen) atoms. The van der Waals surface area contributed by atoms with Gasteiger partial charge in [-0.3, -0.25) is 0 Å². The van der Waals surface area contributed by atoms with E-state index >= 15 is 0 Å². The molecule has 0 aliphatic carbocycles. The molecule has 0 bridgehead atoms. The van der Waals surface area contributed by atoms with Crippen LogP contribution in [0.1, 0.15) is 5.56 Å². The van der Waals surface area contributed by atoms with E-state index in [9.17, 15) is 22.0 Å².